The van der Waals surface area contributed by atoms with Crippen molar-refractivity contribution in [2.45, 2.75) is 136 Å². The fourth-order valence-corrected chi connectivity index (χ4v) is 3.29. The topological polar surface area (TPSA) is 46.2 Å². The Morgan fingerprint density at radius 3 is 1.25 bits per heavy atom. The van der Waals surface area contributed by atoms with Crippen molar-refractivity contribution < 1.29 is 5.11 Å². The molecule has 0 aliphatic rings. The summed E-state index contributed by atoms with van der Waals surface area (Å²) in [7, 11) is 0. The van der Waals surface area contributed by atoms with Crippen LogP contribution in [0.1, 0.15) is 130 Å². The van der Waals surface area contributed by atoms with Gasteiger partial charge in [0.25, 0.3) is 0 Å². The lowest BCUT2D eigenvalue weighted by molar-refractivity contribution is 0.00810. The van der Waals surface area contributed by atoms with E-state index in [-0.39, 0.29) is 5.92 Å². The summed E-state index contributed by atoms with van der Waals surface area (Å²) >= 11 is 0. The van der Waals surface area contributed by atoms with Gasteiger partial charge in [-0.2, -0.15) is 0 Å². The molecule has 0 radical (unpaired) electrons. The zero-order valence-corrected chi connectivity index (χ0v) is 17.1. The van der Waals surface area contributed by atoms with Crippen LogP contribution in [0.15, 0.2) is 0 Å². The van der Waals surface area contributed by atoms with Crippen molar-refractivity contribution in [2.24, 2.45) is 11.7 Å². The van der Waals surface area contributed by atoms with Crippen LogP contribution < -0.4 is 5.73 Å². The van der Waals surface area contributed by atoms with Crippen LogP contribution in [0, 0.1) is 5.92 Å². The highest BCUT2D eigenvalue weighted by atomic mass is 16.3. The molecule has 0 aromatic rings. The normalized spacial score (nSPS) is 15.4. The van der Waals surface area contributed by atoms with Gasteiger partial charge in [-0.25, -0.2) is 0 Å². The summed E-state index contributed by atoms with van der Waals surface area (Å²) in [6.07, 6.45) is 23.5. The van der Waals surface area contributed by atoms with E-state index in [4.69, 9.17) is 5.73 Å². The van der Waals surface area contributed by atoms with Crippen LogP contribution in [-0.4, -0.2) is 10.8 Å². The van der Waals surface area contributed by atoms with Gasteiger partial charge in [-0.3, -0.25) is 0 Å². The van der Waals surface area contributed by atoms with Crippen LogP contribution in [-0.2, 0) is 0 Å². The standard InChI is InChI=1S/C22H47NO/c1-4-5-6-7-8-9-10-11-12-13-14-15-16-17-18-19-20-21(2)22(3,23)24/h21,24H,4-20,23H2,1-3H3. The molecule has 3 N–H and O–H groups in total. The van der Waals surface area contributed by atoms with Crippen LogP contribution in [0.4, 0.5) is 0 Å². The molecule has 2 nitrogen and oxygen atoms in total. The smallest absolute Gasteiger partial charge is 0.113 e. The summed E-state index contributed by atoms with van der Waals surface area (Å²) in [5.41, 5.74) is 4.70. The van der Waals surface area contributed by atoms with E-state index in [9.17, 15) is 5.11 Å². The van der Waals surface area contributed by atoms with E-state index in [1.165, 1.54) is 103 Å². The molecule has 2 unspecified atom stereocenters. The first kappa shape index (κ1) is 23.9. The van der Waals surface area contributed by atoms with Crippen molar-refractivity contribution in [2.75, 3.05) is 0 Å². The Morgan fingerprint density at radius 1 is 0.667 bits per heavy atom. The third kappa shape index (κ3) is 16.8. The van der Waals surface area contributed by atoms with Gasteiger partial charge in [-0.15, -0.1) is 0 Å². The maximum absolute atomic E-state index is 9.69. The van der Waals surface area contributed by atoms with E-state index >= 15 is 0 Å². The fourth-order valence-electron chi connectivity index (χ4n) is 3.29. The molecule has 24 heavy (non-hydrogen) atoms. The van der Waals surface area contributed by atoms with E-state index < -0.39 is 5.72 Å². The van der Waals surface area contributed by atoms with E-state index in [0.717, 1.165) is 6.42 Å². The molecule has 0 fully saturated rings. The van der Waals surface area contributed by atoms with E-state index in [2.05, 4.69) is 6.92 Å². The average Bonchev–Trinajstić information content (AvgIpc) is 2.53. The van der Waals surface area contributed by atoms with E-state index in [1.807, 2.05) is 6.92 Å². The van der Waals surface area contributed by atoms with Crippen molar-refractivity contribution in [1.29, 1.82) is 0 Å². The Bertz CT molecular complexity index is 247. The molecule has 0 amide bonds. The predicted molar refractivity (Wildman–Crippen MR) is 108 cm³/mol. The molecule has 0 spiro atoms. The lowest BCUT2D eigenvalue weighted by Crippen LogP contribution is -2.42. The van der Waals surface area contributed by atoms with Gasteiger partial charge in [-0.05, 0) is 19.3 Å². The van der Waals surface area contributed by atoms with Gasteiger partial charge in [-0.1, -0.05) is 117 Å². The lowest BCUT2D eigenvalue weighted by Gasteiger charge is -2.25. The predicted octanol–water partition coefficient (Wildman–Crippen LogP) is 6.94. The zero-order valence-electron chi connectivity index (χ0n) is 17.1. The van der Waals surface area contributed by atoms with E-state index in [1.54, 1.807) is 6.92 Å². The van der Waals surface area contributed by atoms with Gasteiger partial charge in [0.1, 0.15) is 5.72 Å². The quantitative estimate of drug-likeness (QED) is 0.209. The molecule has 0 aromatic carbocycles. The molecule has 0 saturated heterocycles. The Morgan fingerprint density at radius 2 is 0.958 bits per heavy atom. The number of hydrogen-bond acceptors (Lipinski definition) is 2. The molecule has 0 aliphatic heterocycles. The van der Waals surface area contributed by atoms with Crippen molar-refractivity contribution in [3.05, 3.63) is 0 Å². The molecule has 2 atom stereocenters. The minimum absolute atomic E-state index is 0.198. The highest BCUT2D eigenvalue weighted by Crippen LogP contribution is 2.19. The summed E-state index contributed by atoms with van der Waals surface area (Å²) in [5, 5.41) is 9.69. The van der Waals surface area contributed by atoms with Crippen LogP contribution in [0.25, 0.3) is 0 Å². The number of rotatable bonds is 18. The number of unbranched alkanes of at least 4 members (excludes halogenated alkanes) is 15. The second kappa shape index (κ2) is 16.4. The molecule has 0 aliphatic carbocycles. The Labute approximate surface area is 153 Å². The summed E-state index contributed by atoms with van der Waals surface area (Å²) in [6, 6.07) is 0. The first-order chi connectivity index (χ1) is 11.5. The molecule has 146 valence electrons. The molecule has 0 heterocycles. The molecular weight excluding hydrogens is 294 g/mol. The van der Waals surface area contributed by atoms with Gasteiger partial charge in [0.2, 0.25) is 0 Å². The summed E-state index contributed by atoms with van der Waals surface area (Å²) in [5.74, 6) is 0.198. The minimum atomic E-state index is -1.00. The highest BCUT2D eigenvalue weighted by molar-refractivity contribution is 4.71. The Kier molecular flexibility index (Phi) is 16.3. The molecule has 2 heteroatoms. The average molecular weight is 342 g/mol. The fraction of sp³-hybridized carbons (Fsp3) is 1.00. The Hall–Kier alpha value is -0.0800. The molecule has 0 aromatic heterocycles. The van der Waals surface area contributed by atoms with Crippen LogP contribution >= 0.6 is 0 Å². The minimum Gasteiger partial charge on any atom is -0.376 e. The maximum atomic E-state index is 9.69. The van der Waals surface area contributed by atoms with Crippen molar-refractivity contribution in [1.82, 2.24) is 0 Å². The van der Waals surface area contributed by atoms with Crippen LogP contribution in [0.2, 0.25) is 0 Å². The summed E-state index contributed by atoms with van der Waals surface area (Å²) < 4.78 is 0. The Balaban J connectivity index is 3.10. The first-order valence-electron chi connectivity index (χ1n) is 11.0. The van der Waals surface area contributed by atoms with Gasteiger partial charge in [0.15, 0.2) is 0 Å². The molecule has 0 saturated carbocycles. The number of hydrogen-bond donors (Lipinski definition) is 2. The third-order valence-electron chi connectivity index (χ3n) is 5.49. The van der Waals surface area contributed by atoms with E-state index in [0.29, 0.717) is 0 Å². The third-order valence-corrected chi connectivity index (χ3v) is 5.49. The van der Waals surface area contributed by atoms with Crippen molar-refractivity contribution >= 4 is 0 Å². The first-order valence-corrected chi connectivity index (χ1v) is 11.0. The van der Waals surface area contributed by atoms with Crippen molar-refractivity contribution in [3.63, 3.8) is 0 Å². The molecule has 0 bridgehead atoms. The van der Waals surface area contributed by atoms with Gasteiger partial charge < -0.3 is 10.8 Å². The van der Waals surface area contributed by atoms with Crippen LogP contribution in [0.3, 0.4) is 0 Å². The highest BCUT2D eigenvalue weighted by Gasteiger charge is 2.21. The summed E-state index contributed by atoms with van der Waals surface area (Å²) in [4.78, 5) is 0. The van der Waals surface area contributed by atoms with Gasteiger partial charge >= 0.3 is 0 Å². The molecule has 0 rings (SSSR count). The second-order valence-corrected chi connectivity index (χ2v) is 8.22. The maximum Gasteiger partial charge on any atom is 0.113 e. The van der Waals surface area contributed by atoms with Gasteiger partial charge in [0.05, 0.1) is 0 Å². The monoisotopic (exact) mass is 341 g/mol. The number of nitrogens with two attached hydrogens (primary N) is 1. The van der Waals surface area contributed by atoms with Crippen molar-refractivity contribution in [3.8, 4) is 0 Å². The second-order valence-electron chi connectivity index (χ2n) is 8.22. The lowest BCUT2D eigenvalue weighted by atomic mass is 9.93. The summed E-state index contributed by atoms with van der Waals surface area (Å²) in [6.45, 7) is 6.04. The largest absolute Gasteiger partial charge is 0.376 e. The number of aliphatic hydroxyl groups is 1. The van der Waals surface area contributed by atoms with Gasteiger partial charge in [0, 0.05) is 0 Å². The zero-order chi connectivity index (χ0) is 18.1. The van der Waals surface area contributed by atoms with Crippen LogP contribution in [0.5, 0.6) is 0 Å². The molecular formula is C22H47NO. The SMILES string of the molecule is CCCCCCCCCCCCCCCCCCC(C)C(C)(N)O.